The predicted octanol–water partition coefficient (Wildman–Crippen LogP) is 2.38. The molecule has 0 amide bonds. The Morgan fingerprint density at radius 3 is 2.93 bits per heavy atom. The van der Waals surface area contributed by atoms with E-state index in [1.807, 2.05) is 24.3 Å². The number of para-hydroxylation sites is 1. The van der Waals surface area contributed by atoms with Crippen LogP contribution < -0.4 is 4.74 Å². The zero-order valence-corrected chi connectivity index (χ0v) is 8.14. The van der Waals surface area contributed by atoms with Crippen molar-refractivity contribution in [1.29, 1.82) is 0 Å². The van der Waals surface area contributed by atoms with Gasteiger partial charge in [-0.05, 0) is 12.1 Å². The minimum absolute atomic E-state index is 0.397. The Labute approximate surface area is 83.6 Å². The average molecular weight is 191 g/mol. The summed E-state index contributed by atoms with van der Waals surface area (Å²) in [7, 11) is 1.63. The van der Waals surface area contributed by atoms with Crippen molar-refractivity contribution in [1.82, 2.24) is 0 Å². The molecule has 0 aromatic heterocycles. The predicted molar refractivity (Wildman–Crippen MR) is 56.5 cm³/mol. The van der Waals surface area contributed by atoms with Gasteiger partial charge in [-0.15, -0.1) is 0 Å². The molecular formula is C11H13NO2. The van der Waals surface area contributed by atoms with Crippen LogP contribution in [0.3, 0.4) is 0 Å². The molecule has 3 heteroatoms. The number of benzene rings is 1. The monoisotopic (exact) mass is 191 g/mol. The first-order valence-corrected chi connectivity index (χ1v) is 4.26. The molecule has 1 aromatic rings. The second-order valence-electron chi connectivity index (χ2n) is 2.58. The number of methoxy groups -OCH3 is 1. The molecule has 0 bridgehead atoms. The van der Waals surface area contributed by atoms with Gasteiger partial charge in [0.15, 0.2) is 0 Å². The van der Waals surface area contributed by atoms with Crippen LogP contribution >= 0.6 is 0 Å². The molecule has 0 atom stereocenters. The molecule has 1 aromatic carbocycles. The maximum atomic E-state index is 5.15. The van der Waals surface area contributed by atoms with Crippen LogP contribution in [0.2, 0.25) is 0 Å². The lowest BCUT2D eigenvalue weighted by Gasteiger charge is -2.05. The minimum atomic E-state index is 0.397. The van der Waals surface area contributed by atoms with E-state index in [0.717, 1.165) is 11.3 Å². The fourth-order valence-electron chi connectivity index (χ4n) is 1.02. The molecule has 0 spiro atoms. The molecule has 14 heavy (non-hydrogen) atoms. The van der Waals surface area contributed by atoms with Crippen LogP contribution in [0.5, 0.6) is 5.75 Å². The topological polar surface area (TPSA) is 30.8 Å². The van der Waals surface area contributed by atoms with E-state index in [2.05, 4.69) is 11.7 Å². The molecule has 0 aliphatic carbocycles. The second-order valence-corrected chi connectivity index (χ2v) is 2.58. The van der Waals surface area contributed by atoms with E-state index in [-0.39, 0.29) is 0 Å². The van der Waals surface area contributed by atoms with Crippen LogP contribution in [0.15, 0.2) is 42.1 Å². The van der Waals surface area contributed by atoms with Gasteiger partial charge in [0.2, 0.25) is 0 Å². The Bertz CT molecular complexity index is 321. The zero-order valence-electron chi connectivity index (χ0n) is 8.14. The second kappa shape index (κ2) is 5.80. The van der Waals surface area contributed by atoms with Crippen LogP contribution in [0.25, 0.3) is 0 Å². The summed E-state index contributed by atoms with van der Waals surface area (Å²) in [5, 5.41) is 3.66. The highest BCUT2D eigenvalue weighted by atomic mass is 16.6. The Kier molecular flexibility index (Phi) is 4.27. The molecule has 0 radical (unpaired) electrons. The highest BCUT2D eigenvalue weighted by molar-refractivity contribution is 5.69. The Morgan fingerprint density at radius 1 is 1.43 bits per heavy atom. The Hall–Kier alpha value is -1.77. The van der Waals surface area contributed by atoms with Gasteiger partial charge in [-0.2, -0.15) is 0 Å². The van der Waals surface area contributed by atoms with Crippen molar-refractivity contribution in [2.75, 3.05) is 7.11 Å². The van der Waals surface area contributed by atoms with Crippen molar-refractivity contribution in [3.05, 3.63) is 42.5 Å². The quantitative estimate of drug-likeness (QED) is 0.528. The molecule has 0 saturated carbocycles. The Morgan fingerprint density at radius 2 is 2.21 bits per heavy atom. The maximum absolute atomic E-state index is 5.15. The molecule has 0 unspecified atom stereocenters. The van der Waals surface area contributed by atoms with E-state index in [4.69, 9.17) is 9.57 Å². The largest absolute Gasteiger partial charge is 0.496 e. The first-order chi connectivity index (χ1) is 6.88. The van der Waals surface area contributed by atoms with E-state index < -0.39 is 0 Å². The van der Waals surface area contributed by atoms with Gasteiger partial charge in [-0.1, -0.05) is 29.9 Å². The van der Waals surface area contributed by atoms with Crippen molar-refractivity contribution in [2.45, 2.75) is 6.61 Å². The van der Waals surface area contributed by atoms with Crippen molar-refractivity contribution in [3.8, 4) is 5.75 Å². The number of nitrogens with zero attached hydrogens (tertiary/aromatic N) is 1. The summed E-state index contributed by atoms with van der Waals surface area (Å²) in [6.45, 7) is 3.88. The third-order valence-corrected chi connectivity index (χ3v) is 1.65. The maximum Gasteiger partial charge on any atom is 0.145 e. The fraction of sp³-hybridized carbons (Fsp3) is 0.182. The van der Waals surface area contributed by atoms with Gasteiger partial charge < -0.3 is 9.57 Å². The Balaban J connectivity index is 2.57. The standard InChI is InChI=1S/C11H13NO2/c1-3-8-12-14-9-10-6-4-5-7-11(10)13-2/h3-8H,1,9H2,2H3/b12-8+. The summed E-state index contributed by atoms with van der Waals surface area (Å²) >= 11 is 0. The van der Waals surface area contributed by atoms with Crippen LogP contribution in [0.1, 0.15) is 5.56 Å². The minimum Gasteiger partial charge on any atom is -0.496 e. The SMILES string of the molecule is C=C/C=N/OCc1ccccc1OC. The summed E-state index contributed by atoms with van der Waals surface area (Å²) in [4.78, 5) is 5.02. The third kappa shape index (κ3) is 2.94. The molecular weight excluding hydrogens is 178 g/mol. The van der Waals surface area contributed by atoms with Gasteiger partial charge in [0.1, 0.15) is 12.4 Å². The van der Waals surface area contributed by atoms with Gasteiger partial charge in [0.05, 0.1) is 13.3 Å². The van der Waals surface area contributed by atoms with Crippen molar-refractivity contribution < 1.29 is 9.57 Å². The van der Waals surface area contributed by atoms with Crippen molar-refractivity contribution in [2.24, 2.45) is 5.16 Å². The van der Waals surface area contributed by atoms with Gasteiger partial charge in [-0.3, -0.25) is 0 Å². The van der Waals surface area contributed by atoms with Crippen molar-refractivity contribution in [3.63, 3.8) is 0 Å². The summed E-state index contributed by atoms with van der Waals surface area (Å²) in [6, 6.07) is 7.66. The zero-order chi connectivity index (χ0) is 10.2. The first-order valence-electron chi connectivity index (χ1n) is 4.26. The van der Waals surface area contributed by atoms with E-state index in [1.54, 1.807) is 13.2 Å². The molecule has 0 saturated heterocycles. The normalized spacial score (nSPS) is 10.1. The molecule has 1 rings (SSSR count). The van der Waals surface area contributed by atoms with Gasteiger partial charge in [-0.25, -0.2) is 0 Å². The smallest absolute Gasteiger partial charge is 0.145 e. The molecule has 3 nitrogen and oxygen atoms in total. The number of hydrogen-bond donors (Lipinski definition) is 0. The van der Waals surface area contributed by atoms with Crippen LogP contribution in [0, 0.1) is 0 Å². The average Bonchev–Trinajstić information content (AvgIpc) is 2.25. The van der Waals surface area contributed by atoms with Crippen LogP contribution in [-0.4, -0.2) is 13.3 Å². The van der Waals surface area contributed by atoms with E-state index >= 15 is 0 Å². The van der Waals surface area contributed by atoms with Gasteiger partial charge >= 0.3 is 0 Å². The summed E-state index contributed by atoms with van der Waals surface area (Å²) in [5.41, 5.74) is 0.969. The summed E-state index contributed by atoms with van der Waals surface area (Å²) in [6.07, 6.45) is 3.05. The van der Waals surface area contributed by atoms with E-state index in [1.165, 1.54) is 6.21 Å². The number of allylic oxidation sites excluding steroid dienone is 1. The van der Waals surface area contributed by atoms with E-state index in [0.29, 0.717) is 6.61 Å². The molecule has 0 aliphatic heterocycles. The highest BCUT2D eigenvalue weighted by Gasteiger charge is 2.00. The highest BCUT2D eigenvalue weighted by Crippen LogP contribution is 2.17. The van der Waals surface area contributed by atoms with Crippen LogP contribution in [0.4, 0.5) is 0 Å². The summed E-state index contributed by atoms with van der Waals surface area (Å²) in [5.74, 6) is 0.807. The van der Waals surface area contributed by atoms with E-state index in [9.17, 15) is 0 Å². The lowest BCUT2D eigenvalue weighted by molar-refractivity contribution is 0.130. The fourth-order valence-corrected chi connectivity index (χ4v) is 1.02. The third-order valence-electron chi connectivity index (χ3n) is 1.65. The number of hydrogen-bond acceptors (Lipinski definition) is 3. The lowest BCUT2D eigenvalue weighted by atomic mass is 10.2. The molecule has 0 fully saturated rings. The van der Waals surface area contributed by atoms with Crippen LogP contribution in [-0.2, 0) is 11.4 Å². The van der Waals surface area contributed by atoms with Crippen molar-refractivity contribution >= 4 is 6.21 Å². The molecule has 0 heterocycles. The summed E-state index contributed by atoms with van der Waals surface area (Å²) < 4.78 is 5.15. The lowest BCUT2D eigenvalue weighted by Crippen LogP contribution is -1.92. The van der Waals surface area contributed by atoms with Gasteiger partial charge in [0, 0.05) is 5.56 Å². The molecule has 0 aliphatic rings. The number of rotatable bonds is 5. The first kappa shape index (κ1) is 10.3. The molecule has 0 N–H and O–H groups in total. The van der Waals surface area contributed by atoms with Gasteiger partial charge in [0.25, 0.3) is 0 Å². The number of ether oxygens (including phenoxy) is 1. The number of oxime groups is 1. The molecule has 74 valence electrons.